The quantitative estimate of drug-likeness (QED) is 0.431. The Kier molecular flexibility index (Phi) is 9.39. The molecule has 0 aliphatic heterocycles. The lowest BCUT2D eigenvalue weighted by Gasteiger charge is -2.25. The van der Waals surface area contributed by atoms with Gasteiger partial charge >= 0.3 is 5.97 Å². The Morgan fingerprint density at radius 1 is 1.21 bits per heavy atom. The minimum absolute atomic E-state index is 0.0263. The van der Waals surface area contributed by atoms with E-state index in [0.29, 0.717) is 12.6 Å². The van der Waals surface area contributed by atoms with Crippen LogP contribution < -0.4 is 0 Å². The highest BCUT2D eigenvalue weighted by Gasteiger charge is 2.28. The second-order valence-electron chi connectivity index (χ2n) is 8.52. The fourth-order valence-electron chi connectivity index (χ4n) is 4.53. The lowest BCUT2D eigenvalue weighted by Crippen LogP contribution is -2.20. The second-order valence-corrected chi connectivity index (χ2v) is 11.3. The van der Waals surface area contributed by atoms with Crippen molar-refractivity contribution in [1.82, 2.24) is 0 Å². The number of aryl methyl sites for hydroxylation is 2. The van der Waals surface area contributed by atoms with E-state index in [0.717, 1.165) is 12.3 Å². The van der Waals surface area contributed by atoms with Gasteiger partial charge < -0.3 is 14.4 Å². The van der Waals surface area contributed by atoms with Gasteiger partial charge in [-0.2, -0.15) is 0 Å². The number of aliphatic hydroxyl groups is 1. The molecule has 0 amide bonds. The Hall–Kier alpha value is -1.16. The average molecular weight is 425 g/mol. The fraction of sp³-hybridized carbons (Fsp3) is 0.696. The molecule has 0 aromatic heterocycles. The van der Waals surface area contributed by atoms with Crippen LogP contribution in [0.2, 0.25) is 0 Å². The predicted octanol–water partition coefficient (Wildman–Crippen LogP) is 4.82. The highest BCUT2D eigenvalue weighted by atomic mass is 31.2. The van der Waals surface area contributed by atoms with Crippen LogP contribution in [-0.2, 0) is 31.5 Å². The van der Waals surface area contributed by atoms with E-state index in [1.807, 2.05) is 0 Å². The van der Waals surface area contributed by atoms with E-state index in [1.54, 1.807) is 0 Å². The van der Waals surface area contributed by atoms with Crippen molar-refractivity contribution >= 4 is 13.3 Å². The third-order valence-corrected chi connectivity index (χ3v) is 8.65. The highest BCUT2D eigenvalue weighted by Crippen LogP contribution is 2.47. The molecule has 0 saturated heterocycles. The van der Waals surface area contributed by atoms with Crippen molar-refractivity contribution < 1.29 is 23.7 Å². The van der Waals surface area contributed by atoms with Crippen molar-refractivity contribution in [3.8, 4) is 0 Å². The third kappa shape index (κ3) is 7.55. The van der Waals surface area contributed by atoms with Crippen LogP contribution in [0.3, 0.4) is 0 Å². The number of esters is 1. The van der Waals surface area contributed by atoms with E-state index in [2.05, 4.69) is 30.7 Å². The SMILES string of the molecule is COC(=O)C[C@H](O)CP(=O)(CCc1c(C)cc(C)cc1CC1CCCCC1)OC. The summed E-state index contributed by atoms with van der Waals surface area (Å²) < 4.78 is 23.1. The van der Waals surface area contributed by atoms with E-state index in [1.165, 1.54) is 68.6 Å². The summed E-state index contributed by atoms with van der Waals surface area (Å²) in [5.74, 6) is 0.226. The number of benzene rings is 1. The van der Waals surface area contributed by atoms with Crippen LogP contribution in [0.5, 0.6) is 0 Å². The molecular weight excluding hydrogens is 387 g/mol. The van der Waals surface area contributed by atoms with Crippen LogP contribution in [-0.4, -0.2) is 43.7 Å². The Morgan fingerprint density at radius 2 is 1.90 bits per heavy atom. The van der Waals surface area contributed by atoms with Crippen LogP contribution in [0, 0.1) is 19.8 Å². The van der Waals surface area contributed by atoms with E-state index in [9.17, 15) is 14.5 Å². The van der Waals surface area contributed by atoms with E-state index in [-0.39, 0.29) is 12.6 Å². The van der Waals surface area contributed by atoms with Gasteiger partial charge in [-0.25, -0.2) is 0 Å². The van der Waals surface area contributed by atoms with Gasteiger partial charge in [0, 0.05) is 13.3 Å². The number of hydrogen-bond donors (Lipinski definition) is 1. The van der Waals surface area contributed by atoms with Crippen LogP contribution in [0.1, 0.15) is 60.8 Å². The summed E-state index contributed by atoms with van der Waals surface area (Å²) in [6.45, 7) is 4.25. The number of carbonyl (C=O) groups excluding carboxylic acids is 1. The first-order chi connectivity index (χ1) is 13.8. The third-order valence-electron chi connectivity index (χ3n) is 6.10. The van der Waals surface area contributed by atoms with Crippen LogP contribution in [0.25, 0.3) is 0 Å². The zero-order valence-electron chi connectivity index (χ0n) is 18.4. The lowest BCUT2D eigenvalue weighted by molar-refractivity contribution is -0.142. The Morgan fingerprint density at radius 3 is 2.52 bits per heavy atom. The zero-order chi connectivity index (χ0) is 21.4. The van der Waals surface area contributed by atoms with Crippen LogP contribution in [0.4, 0.5) is 0 Å². The summed E-state index contributed by atoms with van der Waals surface area (Å²) >= 11 is 0. The number of methoxy groups -OCH3 is 1. The first-order valence-electron chi connectivity index (χ1n) is 10.7. The normalized spacial score (nSPS) is 18.2. The van der Waals surface area contributed by atoms with E-state index >= 15 is 0 Å². The number of hydrogen-bond acceptors (Lipinski definition) is 5. The molecule has 1 N–H and O–H groups in total. The van der Waals surface area contributed by atoms with Gasteiger partial charge in [-0.3, -0.25) is 9.36 Å². The van der Waals surface area contributed by atoms with E-state index < -0.39 is 19.4 Å². The van der Waals surface area contributed by atoms with Crippen molar-refractivity contribution in [3.05, 3.63) is 34.4 Å². The maximum atomic E-state index is 13.2. The topological polar surface area (TPSA) is 72.8 Å². The summed E-state index contributed by atoms with van der Waals surface area (Å²) in [7, 11) is -0.337. The fourth-order valence-corrected chi connectivity index (χ4v) is 6.38. The summed E-state index contributed by atoms with van der Waals surface area (Å²) in [5.41, 5.74) is 5.13. The van der Waals surface area contributed by atoms with Crippen molar-refractivity contribution in [3.63, 3.8) is 0 Å². The molecule has 0 heterocycles. The monoisotopic (exact) mass is 424 g/mol. The van der Waals surface area contributed by atoms with Crippen molar-refractivity contribution in [2.45, 2.75) is 71.3 Å². The van der Waals surface area contributed by atoms with Crippen LogP contribution in [0.15, 0.2) is 12.1 Å². The Labute approximate surface area is 175 Å². The number of rotatable bonds is 10. The summed E-state index contributed by atoms with van der Waals surface area (Å²) in [6, 6.07) is 4.46. The van der Waals surface area contributed by atoms with Gasteiger partial charge in [0.1, 0.15) is 0 Å². The van der Waals surface area contributed by atoms with Crippen molar-refractivity contribution in [1.29, 1.82) is 0 Å². The molecule has 1 saturated carbocycles. The molecule has 1 aliphatic carbocycles. The molecule has 1 unspecified atom stereocenters. The van der Waals surface area contributed by atoms with Gasteiger partial charge in [-0.15, -0.1) is 0 Å². The molecule has 1 aromatic rings. The van der Waals surface area contributed by atoms with E-state index in [4.69, 9.17) is 4.52 Å². The number of ether oxygens (including phenoxy) is 1. The minimum Gasteiger partial charge on any atom is -0.469 e. The molecule has 29 heavy (non-hydrogen) atoms. The van der Waals surface area contributed by atoms with Gasteiger partial charge in [-0.1, -0.05) is 49.8 Å². The predicted molar refractivity (Wildman–Crippen MR) is 117 cm³/mol. The molecular formula is C23H37O5P. The standard InChI is InChI=1S/C23H37O5P/c1-17-12-18(2)22(20(13-17)14-19-8-6-5-7-9-19)10-11-29(26,28-4)16-21(24)15-23(25)27-3/h12-13,19,21,24H,5-11,14-16H2,1-4H3/t21-,29?/m0/s1. The Bertz CT molecular complexity index is 724. The molecule has 0 radical (unpaired) electrons. The molecule has 0 bridgehead atoms. The smallest absolute Gasteiger partial charge is 0.308 e. The molecule has 5 nitrogen and oxygen atoms in total. The van der Waals surface area contributed by atoms with Gasteiger partial charge in [-0.05, 0) is 49.3 Å². The zero-order valence-corrected chi connectivity index (χ0v) is 19.3. The van der Waals surface area contributed by atoms with Gasteiger partial charge in [0.05, 0.1) is 25.8 Å². The molecule has 2 atom stereocenters. The largest absolute Gasteiger partial charge is 0.469 e. The maximum Gasteiger partial charge on any atom is 0.308 e. The Balaban J connectivity index is 2.10. The summed E-state index contributed by atoms with van der Waals surface area (Å²) in [5, 5.41) is 10.1. The first kappa shape index (κ1) is 24.1. The minimum atomic E-state index is -3.04. The average Bonchev–Trinajstić information content (AvgIpc) is 2.67. The lowest BCUT2D eigenvalue weighted by atomic mass is 9.82. The first-order valence-corrected chi connectivity index (χ1v) is 12.7. The van der Waals surface area contributed by atoms with Gasteiger partial charge in [0.2, 0.25) is 7.37 Å². The summed E-state index contributed by atoms with van der Waals surface area (Å²) in [6.07, 6.45) is 7.47. The second kappa shape index (κ2) is 11.3. The molecule has 1 fully saturated rings. The number of carbonyl (C=O) groups is 1. The molecule has 2 rings (SSSR count). The number of aliphatic hydroxyl groups excluding tert-OH is 1. The van der Waals surface area contributed by atoms with Crippen LogP contribution >= 0.6 is 7.37 Å². The molecule has 1 aromatic carbocycles. The molecule has 0 spiro atoms. The highest BCUT2D eigenvalue weighted by molar-refractivity contribution is 7.59. The summed E-state index contributed by atoms with van der Waals surface area (Å²) in [4.78, 5) is 11.4. The van der Waals surface area contributed by atoms with Crippen molar-refractivity contribution in [2.24, 2.45) is 5.92 Å². The molecule has 164 valence electrons. The maximum absolute atomic E-state index is 13.2. The van der Waals surface area contributed by atoms with Gasteiger partial charge in [0.15, 0.2) is 0 Å². The molecule has 6 heteroatoms. The molecule has 1 aliphatic rings. The van der Waals surface area contributed by atoms with Crippen molar-refractivity contribution in [2.75, 3.05) is 26.5 Å². The van der Waals surface area contributed by atoms with Gasteiger partial charge in [0.25, 0.3) is 0 Å².